The maximum Gasteiger partial charge on any atom is 0.338 e. The lowest BCUT2D eigenvalue weighted by Gasteiger charge is -2.18. The number of ketones is 1. The molecule has 0 aromatic heterocycles. The van der Waals surface area contributed by atoms with Gasteiger partial charge in [0.2, 0.25) is 0 Å². The van der Waals surface area contributed by atoms with Crippen LogP contribution in [-0.4, -0.2) is 24.8 Å². The number of para-hydroxylation sites is 1. The number of methoxy groups -OCH3 is 1. The second kappa shape index (κ2) is 5.44. The molecule has 3 rings (SSSR count). The van der Waals surface area contributed by atoms with Crippen LogP contribution in [0, 0.1) is 0 Å². The first-order valence-corrected chi connectivity index (χ1v) is 6.75. The lowest BCUT2D eigenvalue weighted by molar-refractivity contribution is -0.114. The van der Waals surface area contributed by atoms with E-state index in [9.17, 15) is 14.4 Å². The molecule has 0 N–H and O–H groups in total. The number of ether oxygens (including phenoxy) is 1. The Hall–Kier alpha value is -2.95. The second-order valence-electron chi connectivity index (χ2n) is 4.89. The lowest BCUT2D eigenvalue weighted by atomic mass is 10.1. The van der Waals surface area contributed by atoms with Gasteiger partial charge in [0.15, 0.2) is 0 Å². The summed E-state index contributed by atoms with van der Waals surface area (Å²) in [6.07, 6.45) is 0. The van der Waals surface area contributed by atoms with Crippen molar-refractivity contribution in [2.45, 2.75) is 6.54 Å². The van der Waals surface area contributed by atoms with Crippen LogP contribution in [0.1, 0.15) is 26.3 Å². The molecule has 0 atom stereocenters. The summed E-state index contributed by atoms with van der Waals surface area (Å²) in [5.74, 6) is -1.58. The molecule has 110 valence electrons. The number of Topliss-reactive ketones (excluding diaryl/α,β-unsaturated/α-hetero) is 1. The highest BCUT2D eigenvalue weighted by Gasteiger charge is 2.35. The van der Waals surface area contributed by atoms with E-state index in [-0.39, 0.29) is 6.54 Å². The summed E-state index contributed by atoms with van der Waals surface area (Å²) >= 11 is 0. The normalized spacial score (nSPS) is 13.2. The number of nitrogens with zero attached hydrogens (tertiary/aromatic N) is 1. The van der Waals surface area contributed by atoms with E-state index in [1.807, 2.05) is 0 Å². The topological polar surface area (TPSA) is 63.7 Å². The molecule has 0 unspecified atom stereocenters. The number of hydrogen-bond donors (Lipinski definition) is 0. The highest BCUT2D eigenvalue weighted by Crippen LogP contribution is 2.30. The van der Waals surface area contributed by atoms with Crippen molar-refractivity contribution in [3.05, 3.63) is 65.2 Å². The standard InChI is InChI=1S/C17H13NO4/c1-22-17(21)12-7-3-2-6-11(12)10-18-14-9-5-4-8-13(14)15(19)16(18)20/h2-9H,10H2,1H3. The number of esters is 1. The number of carbonyl (C=O) groups is 3. The first kappa shape index (κ1) is 14.0. The van der Waals surface area contributed by atoms with Gasteiger partial charge in [0.05, 0.1) is 30.5 Å². The summed E-state index contributed by atoms with van der Waals surface area (Å²) in [5.41, 5.74) is 1.97. The predicted octanol–water partition coefficient (Wildman–Crippen LogP) is 2.20. The van der Waals surface area contributed by atoms with Crippen LogP contribution in [0.25, 0.3) is 0 Å². The molecule has 2 aromatic carbocycles. The SMILES string of the molecule is COC(=O)c1ccccc1CN1C(=O)C(=O)c2ccccc21. The van der Waals surface area contributed by atoms with Gasteiger partial charge in [-0.15, -0.1) is 0 Å². The molecule has 0 bridgehead atoms. The minimum atomic E-state index is -0.583. The van der Waals surface area contributed by atoms with E-state index in [0.717, 1.165) is 0 Å². The molecule has 0 saturated heterocycles. The number of rotatable bonds is 3. The maximum absolute atomic E-state index is 12.2. The van der Waals surface area contributed by atoms with E-state index in [2.05, 4.69) is 0 Å². The highest BCUT2D eigenvalue weighted by molar-refractivity contribution is 6.52. The highest BCUT2D eigenvalue weighted by atomic mass is 16.5. The fraction of sp³-hybridized carbons (Fsp3) is 0.118. The summed E-state index contributed by atoms with van der Waals surface area (Å²) in [6.45, 7) is 0.146. The van der Waals surface area contributed by atoms with Gasteiger partial charge >= 0.3 is 5.97 Å². The van der Waals surface area contributed by atoms with Crippen LogP contribution in [0.5, 0.6) is 0 Å². The largest absolute Gasteiger partial charge is 0.465 e. The molecule has 0 saturated carbocycles. The number of hydrogen-bond acceptors (Lipinski definition) is 4. The Morgan fingerprint density at radius 2 is 1.73 bits per heavy atom. The molecular formula is C17H13NO4. The Morgan fingerprint density at radius 3 is 2.50 bits per heavy atom. The molecule has 2 aromatic rings. The van der Waals surface area contributed by atoms with Gasteiger partial charge in [-0.3, -0.25) is 9.59 Å². The minimum Gasteiger partial charge on any atom is -0.465 e. The van der Waals surface area contributed by atoms with Crippen molar-refractivity contribution in [3.8, 4) is 0 Å². The van der Waals surface area contributed by atoms with Crippen molar-refractivity contribution in [2.24, 2.45) is 0 Å². The zero-order valence-electron chi connectivity index (χ0n) is 11.9. The van der Waals surface area contributed by atoms with Gasteiger partial charge in [-0.2, -0.15) is 0 Å². The molecule has 1 aliphatic rings. The Kier molecular flexibility index (Phi) is 3.47. The van der Waals surface area contributed by atoms with E-state index < -0.39 is 17.7 Å². The van der Waals surface area contributed by atoms with Crippen molar-refractivity contribution in [1.82, 2.24) is 0 Å². The third kappa shape index (κ3) is 2.16. The van der Waals surface area contributed by atoms with Gasteiger partial charge in [-0.1, -0.05) is 30.3 Å². The van der Waals surface area contributed by atoms with Gasteiger partial charge < -0.3 is 9.64 Å². The van der Waals surface area contributed by atoms with Crippen molar-refractivity contribution in [2.75, 3.05) is 12.0 Å². The van der Waals surface area contributed by atoms with Crippen LogP contribution in [0.15, 0.2) is 48.5 Å². The van der Waals surface area contributed by atoms with E-state index in [4.69, 9.17) is 4.74 Å². The molecule has 22 heavy (non-hydrogen) atoms. The summed E-state index contributed by atoms with van der Waals surface area (Å²) in [6, 6.07) is 13.7. The maximum atomic E-state index is 12.2. The Morgan fingerprint density at radius 1 is 1.05 bits per heavy atom. The third-order valence-electron chi connectivity index (χ3n) is 3.63. The van der Waals surface area contributed by atoms with Crippen LogP contribution in [0.2, 0.25) is 0 Å². The Balaban J connectivity index is 2.00. The number of fused-ring (bicyclic) bond motifs is 1. The lowest BCUT2D eigenvalue weighted by Crippen LogP contribution is -2.29. The number of amides is 1. The quantitative estimate of drug-likeness (QED) is 0.643. The van der Waals surface area contributed by atoms with Crippen LogP contribution in [-0.2, 0) is 16.1 Å². The first-order valence-electron chi connectivity index (χ1n) is 6.75. The Labute approximate surface area is 127 Å². The van der Waals surface area contributed by atoms with Crippen LogP contribution < -0.4 is 4.90 Å². The zero-order valence-corrected chi connectivity index (χ0v) is 11.9. The van der Waals surface area contributed by atoms with Gasteiger partial charge in [-0.25, -0.2) is 4.79 Å². The summed E-state index contributed by atoms with van der Waals surface area (Å²) in [7, 11) is 1.30. The first-order chi connectivity index (χ1) is 10.6. The summed E-state index contributed by atoms with van der Waals surface area (Å²) in [4.78, 5) is 37.4. The summed E-state index contributed by atoms with van der Waals surface area (Å²) < 4.78 is 4.75. The molecule has 0 aliphatic carbocycles. The molecular weight excluding hydrogens is 282 g/mol. The van der Waals surface area contributed by atoms with E-state index in [1.54, 1.807) is 48.5 Å². The third-order valence-corrected chi connectivity index (χ3v) is 3.63. The average Bonchev–Trinajstić information content (AvgIpc) is 2.80. The van der Waals surface area contributed by atoms with Gasteiger partial charge in [0, 0.05) is 0 Å². The number of carbonyl (C=O) groups excluding carboxylic acids is 3. The van der Waals surface area contributed by atoms with E-state index in [1.165, 1.54) is 12.0 Å². The van der Waals surface area contributed by atoms with Crippen LogP contribution >= 0.6 is 0 Å². The predicted molar refractivity (Wildman–Crippen MR) is 79.7 cm³/mol. The molecule has 5 nitrogen and oxygen atoms in total. The van der Waals surface area contributed by atoms with Gasteiger partial charge in [-0.05, 0) is 23.8 Å². The molecule has 1 heterocycles. The monoisotopic (exact) mass is 295 g/mol. The smallest absolute Gasteiger partial charge is 0.338 e. The van der Waals surface area contributed by atoms with Crippen LogP contribution in [0.3, 0.4) is 0 Å². The van der Waals surface area contributed by atoms with Crippen molar-refractivity contribution >= 4 is 23.3 Å². The van der Waals surface area contributed by atoms with Crippen molar-refractivity contribution in [1.29, 1.82) is 0 Å². The number of anilines is 1. The minimum absolute atomic E-state index is 0.146. The molecule has 0 fully saturated rings. The molecule has 0 radical (unpaired) electrons. The van der Waals surface area contributed by atoms with Gasteiger partial charge in [0.25, 0.3) is 11.7 Å². The van der Waals surface area contributed by atoms with Gasteiger partial charge in [0.1, 0.15) is 0 Å². The molecule has 1 aliphatic heterocycles. The Bertz CT molecular complexity index is 782. The van der Waals surface area contributed by atoms with E-state index >= 15 is 0 Å². The summed E-state index contributed by atoms with van der Waals surface area (Å²) in [5, 5.41) is 0. The van der Waals surface area contributed by atoms with Crippen LogP contribution in [0.4, 0.5) is 5.69 Å². The van der Waals surface area contributed by atoms with E-state index in [0.29, 0.717) is 22.4 Å². The molecule has 1 amide bonds. The fourth-order valence-electron chi connectivity index (χ4n) is 2.54. The second-order valence-corrected chi connectivity index (χ2v) is 4.89. The number of benzene rings is 2. The van der Waals surface area contributed by atoms with Crippen molar-refractivity contribution in [3.63, 3.8) is 0 Å². The average molecular weight is 295 g/mol. The zero-order chi connectivity index (χ0) is 15.7. The fourth-order valence-corrected chi connectivity index (χ4v) is 2.54. The van der Waals surface area contributed by atoms with Crippen molar-refractivity contribution < 1.29 is 19.1 Å². The molecule has 0 spiro atoms. The molecule has 5 heteroatoms.